The van der Waals surface area contributed by atoms with Crippen LogP contribution < -0.4 is 9.47 Å². The van der Waals surface area contributed by atoms with Crippen molar-refractivity contribution < 1.29 is 19.4 Å². The first-order valence-corrected chi connectivity index (χ1v) is 8.85. The van der Waals surface area contributed by atoms with Crippen molar-refractivity contribution in [2.45, 2.75) is 19.6 Å². The maximum atomic E-state index is 12.8. The first-order chi connectivity index (χ1) is 12.9. The van der Waals surface area contributed by atoms with Gasteiger partial charge >= 0.3 is 0 Å². The van der Waals surface area contributed by atoms with Crippen molar-refractivity contribution >= 4 is 11.9 Å². The van der Waals surface area contributed by atoms with Gasteiger partial charge in [0.1, 0.15) is 23.4 Å². The monoisotopic (exact) mass is 363 g/mol. The van der Waals surface area contributed by atoms with E-state index in [-0.39, 0.29) is 23.4 Å². The van der Waals surface area contributed by atoms with Crippen molar-refractivity contribution in [1.82, 2.24) is 4.90 Å². The molecule has 0 amide bonds. The molecule has 0 aromatic heterocycles. The normalized spacial score (nSPS) is 19.4. The number of ketones is 1. The third-order valence-electron chi connectivity index (χ3n) is 4.70. The van der Waals surface area contributed by atoms with Gasteiger partial charge in [0, 0.05) is 12.1 Å². The molecule has 1 N–H and O–H groups in total. The van der Waals surface area contributed by atoms with Crippen LogP contribution in [-0.2, 0) is 6.54 Å². The second-order valence-corrected chi connectivity index (χ2v) is 7.06. The van der Waals surface area contributed by atoms with Crippen molar-refractivity contribution in [3.05, 3.63) is 70.5 Å². The fraction of sp³-hybridized carbons (Fsp3) is 0.227. The van der Waals surface area contributed by atoms with E-state index in [1.807, 2.05) is 56.3 Å². The van der Waals surface area contributed by atoms with Crippen molar-refractivity contribution in [2.75, 3.05) is 14.1 Å². The minimum Gasteiger partial charge on any atom is -0.507 e. The average molecular weight is 363 g/mol. The lowest BCUT2D eigenvalue weighted by Gasteiger charge is -2.22. The summed E-state index contributed by atoms with van der Waals surface area (Å²) in [7, 11) is 3.80. The first-order valence-electron chi connectivity index (χ1n) is 8.85. The number of benzene rings is 2. The summed E-state index contributed by atoms with van der Waals surface area (Å²) in [6.07, 6.45) is 3.55. The van der Waals surface area contributed by atoms with Gasteiger partial charge in [0.15, 0.2) is 5.76 Å². The van der Waals surface area contributed by atoms with E-state index in [9.17, 15) is 9.90 Å². The Hall–Kier alpha value is -3.05. The second-order valence-electron chi connectivity index (χ2n) is 7.06. The molecule has 2 heterocycles. The van der Waals surface area contributed by atoms with Crippen molar-refractivity contribution in [1.29, 1.82) is 0 Å². The summed E-state index contributed by atoms with van der Waals surface area (Å²) in [5.41, 5.74) is 2.92. The third kappa shape index (κ3) is 3.11. The van der Waals surface area contributed by atoms with Gasteiger partial charge in [0.2, 0.25) is 5.78 Å². The zero-order valence-corrected chi connectivity index (χ0v) is 15.5. The van der Waals surface area contributed by atoms with Gasteiger partial charge in [-0.25, -0.2) is 0 Å². The number of carbonyl (C=O) groups is 1. The summed E-state index contributed by atoms with van der Waals surface area (Å²) in [6.45, 7) is 2.42. The number of Topliss-reactive ketones (excluding diaryl/α,β-unsaturated/α-hetero) is 1. The fourth-order valence-electron chi connectivity index (χ4n) is 3.34. The summed E-state index contributed by atoms with van der Waals surface area (Å²) < 4.78 is 11.8. The predicted octanol–water partition coefficient (Wildman–Crippen LogP) is 3.78. The molecule has 0 unspecified atom stereocenters. The lowest BCUT2D eigenvalue weighted by Crippen LogP contribution is -2.18. The molecular weight excluding hydrogens is 342 g/mol. The number of para-hydroxylation sites is 1. The van der Waals surface area contributed by atoms with Gasteiger partial charge in [-0.3, -0.25) is 4.79 Å². The standard InChI is InChI=1S/C22H21NO4/c1-13-15(10-14-6-4-5-7-19(14)26-13)11-20-21(25)16-8-9-18(24)17(12-23(2)3)22(16)27-20/h4-11,13,24H,12H2,1-3H3/b20-11-/t13-/m1/s1. The number of ether oxygens (including phenoxy) is 2. The molecular formula is C22H21NO4. The zero-order chi connectivity index (χ0) is 19.1. The van der Waals surface area contributed by atoms with Gasteiger partial charge in [-0.2, -0.15) is 0 Å². The molecule has 5 heteroatoms. The van der Waals surface area contributed by atoms with E-state index in [2.05, 4.69) is 0 Å². The number of hydrogen-bond acceptors (Lipinski definition) is 5. The second kappa shape index (κ2) is 6.59. The molecule has 0 saturated heterocycles. The Morgan fingerprint density at radius 2 is 1.96 bits per heavy atom. The molecule has 0 aliphatic carbocycles. The summed E-state index contributed by atoms with van der Waals surface area (Å²) in [6, 6.07) is 10.9. The van der Waals surface area contributed by atoms with Gasteiger partial charge in [0.05, 0.1) is 11.1 Å². The molecule has 0 bridgehead atoms. The predicted molar refractivity (Wildman–Crippen MR) is 103 cm³/mol. The van der Waals surface area contributed by atoms with Crippen LogP contribution in [0.5, 0.6) is 17.2 Å². The SMILES string of the molecule is C[C@H]1Oc2ccccc2C=C1/C=C1\Oc2c(ccc(O)c2CN(C)C)C1=O. The molecule has 2 aliphatic rings. The highest BCUT2D eigenvalue weighted by Crippen LogP contribution is 2.40. The van der Waals surface area contributed by atoms with Gasteiger partial charge in [0.25, 0.3) is 0 Å². The Balaban J connectivity index is 1.72. The van der Waals surface area contributed by atoms with E-state index in [4.69, 9.17) is 9.47 Å². The third-order valence-corrected chi connectivity index (χ3v) is 4.70. The van der Waals surface area contributed by atoms with Crippen LogP contribution in [0.4, 0.5) is 0 Å². The summed E-state index contributed by atoms with van der Waals surface area (Å²) in [5, 5.41) is 10.2. The molecule has 138 valence electrons. The van der Waals surface area contributed by atoms with Gasteiger partial charge in [-0.1, -0.05) is 18.2 Å². The number of phenols is 1. The Morgan fingerprint density at radius 1 is 1.19 bits per heavy atom. The van der Waals surface area contributed by atoms with Crippen LogP contribution >= 0.6 is 0 Å². The smallest absolute Gasteiger partial charge is 0.231 e. The topological polar surface area (TPSA) is 59.0 Å². The van der Waals surface area contributed by atoms with Crippen molar-refractivity contribution in [2.24, 2.45) is 0 Å². The molecule has 0 saturated carbocycles. The molecule has 27 heavy (non-hydrogen) atoms. The van der Waals surface area contributed by atoms with Gasteiger partial charge in [-0.05, 0) is 56.9 Å². The van der Waals surface area contributed by atoms with Crippen LogP contribution in [0.15, 0.2) is 53.8 Å². The number of nitrogens with zero attached hydrogens (tertiary/aromatic N) is 1. The molecule has 0 fully saturated rings. The number of allylic oxidation sites excluding steroid dienone is 1. The molecule has 0 radical (unpaired) electrons. The lowest BCUT2D eigenvalue weighted by atomic mass is 10.0. The maximum absolute atomic E-state index is 12.8. The van der Waals surface area contributed by atoms with Gasteiger partial charge < -0.3 is 19.5 Å². The molecule has 4 rings (SSSR count). The molecule has 5 nitrogen and oxygen atoms in total. The van der Waals surface area contributed by atoms with E-state index in [1.54, 1.807) is 18.2 Å². The molecule has 2 aromatic carbocycles. The lowest BCUT2D eigenvalue weighted by molar-refractivity contribution is 0.101. The highest BCUT2D eigenvalue weighted by Gasteiger charge is 2.32. The minimum atomic E-state index is -0.192. The van der Waals surface area contributed by atoms with E-state index in [0.717, 1.165) is 16.9 Å². The first kappa shape index (κ1) is 17.4. The number of fused-ring (bicyclic) bond motifs is 2. The minimum absolute atomic E-state index is 0.124. The van der Waals surface area contributed by atoms with Crippen LogP contribution in [0, 0.1) is 0 Å². The number of carbonyl (C=O) groups excluding carboxylic acids is 1. The van der Waals surface area contributed by atoms with Crippen LogP contribution in [0.1, 0.15) is 28.4 Å². The number of aromatic hydroxyl groups is 1. The quantitative estimate of drug-likeness (QED) is 0.841. The summed E-state index contributed by atoms with van der Waals surface area (Å²) >= 11 is 0. The number of phenolic OH excluding ortho intramolecular Hbond substituents is 1. The zero-order valence-electron chi connectivity index (χ0n) is 15.5. The molecule has 1 atom stereocenters. The Kier molecular flexibility index (Phi) is 4.24. The largest absolute Gasteiger partial charge is 0.507 e. The Labute approximate surface area is 158 Å². The number of rotatable bonds is 3. The highest BCUT2D eigenvalue weighted by atomic mass is 16.5. The molecule has 2 aromatic rings. The van der Waals surface area contributed by atoms with Gasteiger partial charge in [-0.15, -0.1) is 0 Å². The summed E-state index contributed by atoms with van der Waals surface area (Å²) in [5.74, 6) is 1.45. The van der Waals surface area contributed by atoms with Crippen LogP contribution in [0.2, 0.25) is 0 Å². The van der Waals surface area contributed by atoms with E-state index < -0.39 is 0 Å². The highest BCUT2D eigenvalue weighted by molar-refractivity contribution is 6.13. The summed E-state index contributed by atoms with van der Waals surface area (Å²) in [4.78, 5) is 14.7. The average Bonchev–Trinajstić information content (AvgIpc) is 2.94. The van der Waals surface area contributed by atoms with Crippen molar-refractivity contribution in [3.63, 3.8) is 0 Å². The molecule has 0 spiro atoms. The maximum Gasteiger partial charge on any atom is 0.231 e. The van der Waals surface area contributed by atoms with E-state index >= 15 is 0 Å². The van der Waals surface area contributed by atoms with E-state index in [1.165, 1.54) is 0 Å². The molecule has 2 aliphatic heterocycles. The van der Waals surface area contributed by atoms with Crippen LogP contribution in [-0.4, -0.2) is 36.0 Å². The van der Waals surface area contributed by atoms with E-state index in [0.29, 0.717) is 23.4 Å². The number of hydrogen-bond donors (Lipinski definition) is 1. The van der Waals surface area contributed by atoms with Crippen LogP contribution in [0.3, 0.4) is 0 Å². The fourth-order valence-corrected chi connectivity index (χ4v) is 3.34. The van der Waals surface area contributed by atoms with Crippen molar-refractivity contribution in [3.8, 4) is 17.2 Å². The Bertz CT molecular complexity index is 988. The van der Waals surface area contributed by atoms with Crippen LogP contribution in [0.25, 0.3) is 6.08 Å². The Morgan fingerprint density at radius 3 is 2.74 bits per heavy atom.